The zero-order valence-electron chi connectivity index (χ0n) is 8.63. The fourth-order valence-corrected chi connectivity index (χ4v) is 4.31. The summed E-state index contributed by atoms with van der Waals surface area (Å²) >= 11 is 9.21. The van der Waals surface area contributed by atoms with Crippen LogP contribution in [0.15, 0.2) is 10.5 Å². The molecule has 1 saturated heterocycles. The van der Waals surface area contributed by atoms with Gasteiger partial charge in [-0.2, -0.15) is 0 Å². The summed E-state index contributed by atoms with van der Waals surface area (Å²) in [6, 6.07) is 2.23. The minimum absolute atomic E-state index is 0.485. The molecule has 0 saturated carbocycles. The van der Waals surface area contributed by atoms with Crippen molar-refractivity contribution in [2.75, 3.05) is 13.2 Å². The standard InChI is InChI=1S/C11H14Br2OS/c1-7-9(12)5-11(15-7)10(13)4-8-2-3-14-6-8/h5,8,10H,2-4,6H2,1H3. The van der Waals surface area contributed by atoms with Crippen molar-refractivity contribution >= 4 is 43.2 Å². The lowest BCUT2D eigenvalue weighted by molar-refractivity contribution is 0.184. The molecule has 1 aromatic heterocycles. The van der Waals surface area contributed by atoms with Crippen molar-refractivity contribution in [3.05, 3.63) is 20.3 Å². The van der Waals surface area contributed by atoms with Crippen molar-refractivity contribution in [2.45, 2.75) is 24.6 Å². The van der Waals surface area contributed by atoms with Gasteiger partial charge in [0.05, 0.1) is 0 Å². The van der Waals surface area contributed by atoms with Crippen LogP contribution in [0, 0.1) is 12.8 Å². The van der Waals surface area contributed by atoms with Gasteiger partial charge in [0.1, 0.15) is 0 Å². The molecule has 2 atom stereocenters. The second-order valence-corrected chi connectivity index (χ2v) is 7.23. The first-order chi connectivity index (χ1) is 7.16. The Morgan fingerprint density at radius 3 is 3.00 bits per heavy atom. The highest BCUT2D eigenvalue weighted by Crippen LogP contribution is 2.39. The van der Waals surface area contributed by atoms with Crippen LogP contribution in [0.5, 0.6) is 0 Å². The Kier molecular flexibility index (Phi) is 4.27. The Bertz CT molecular complexity index is 312. The van der Waals surface area contributed by atoms with E-state index in [0.29, 0.717) is 4.83 Å². The smallest absolute Gasteiger partial charge is 0.0495 e. The van der Waals surface area contributed by atoms with E-state index in [1.807, 2.05) is 11.3 Å². The highest BCUT2D eigenvalue weighted by atomic mass is 79.9. The molecule has 1 nitrogen and oxygen atoms in total. The molecule has 0 amide bonds. The molecule has 0 bridgehead atoms. The van der Waals surface area contributed by atoms with Crippen LogP contribution in [0.3, 0.4) is 0 Å². The van der Waals surface area contributed by atoms with E-state index in [9.17, 15) is 0 Å². The largest absolute Gasteiger partial charge is 0.381 e. The number of halogens is 2. The molecule has 15 heavy (non-hydrogen) atoms. The molecule has 1 aromatic rings. The monoisotopic (exact) mass is 352 g/mol. The molecule has 1 fully saturated rings. The second kappa shape index (κ2) is 5.30. The van der Waals surface area contributed by atoms with Gasteiger partial charge in [-0.05, 0) is 47.7 Å². The van der Waals surface area contributed by atoms with E-state index in [0.717, 1.165) is 19.1 Å². The Morgan fingerprint density at radius 2 is 2.47 bits per heavy atom. The van der Waals surface area contributed by atoms with Crippen LogP contribution >= 0.6 is 43.2 Å². The SMILES string of the molecule is Cc1sc(C(Br)CC2CCOC2)cc1Br. The number of alkyl halides is 1. The highest BCUT2D eigenvalue weighted by molar-refractivity contribution is 9.10. The Balaban J connectivity index is 1.97. The van der Waals surface area contributed by atoms with Gasteiger partial charge in [0, 0.05) is 32.3 Å². The number of hydrogen-bond acceptors (Lipinski definition) is 2. The predicted molar refractivity (Wildman–Crippen MR) is 72.0 cm³/mol. The molecule has 0 spiro atoms. The molecule has 1 aliphatic rings. The van der Waals surface area contributed by atoms with E-state index in [-0.39, 0.29) is 0 Å². The lowest BCUT2D eigenvalue weighted by atomic mass is 10.0. The van der Waals surface area contributed by atoms with Gasteiger partial charge in [-0.3, -0.25) is 0 Å². The first-order valence-corrected chi connectivity index (χ1v) is 7.67. The van der Waals surface area contributed by atoms with Crippen LogP contribution < -0.4 is 0 Å². The van der Waals surface area contributed by atoms with Gasteiger partial charge in [-0.25, -0.2) is 0 Å². The third-order valence-electron chi connectivity index (χ3n) is 2.75. The minimum Gasteiger partial charge on any atom is -0.381 e. The fraction of sp³-hybridized carbons (Fsp3) is 0.636. The number of rotatable bonds is 3. The average molecular weight is 354 g/mol. The van der Waals surface area contributed by atoms with Gasteiger partial charge in [-0.1, -0.05) is 15.9 Å². The first-order valence-electron chi connectivity index (χ1n) is 5.14. The average Bonchev–Trinajstić information content (AvgIpc) is 2.78. The quantitative estimate of drug-likeness (QED) is 0.717. The minimum atomic E-state index is 0.485. The Morgan fingerprint density at radius 1 is 1.67 bits per heavy atom. The predicted octanol–water partition coefficient (Wildman–Crippen LogP) is 4.68. The number of hydrogen-bond donors (Lipinski definition) is 0. The molecule has 0 radical (unpaired) electrons. The summed E-state index contributed by atoms with van der Waals surface area (Å²) in [5.74, 6) is 0.732. The van der Waals surface area contributed by atoms with Crippen LogP contribution in [0.25, 0.3) is 0 Å². The molecule has 1 aliphatic heterocycles. The van der Waals surface area contributed by atoms with Crippen LogP contribution in [0.2, 0.25) is 0 Å². The molecule has 0 aromatic carbocycles. The van der Waals surface area contributed by atoms with E-state index in [1.165, 1.54) is 27.1 Å². The van der Waals surface area contributed by atoms with Gasteiger partial charge in [-0.15, -0.1) is 11.3 Å². The Hall–Kier alpha value is 0.620. The summed E-state index contributed by atoms with van der Waals surface area (Å²) in [4.78, 5) is 3.27. The molecular formula is C11H14Br2OS. The zero-order chi connectivity index (χ0) is 10.8. The summed E-state index contributed by atoms with van der Waals surface area (Å²) in [5, 5.41) is 0. The normalized spacial score (nSPS) is 23.3. The molecule has 4 heteroatoms. The van der Waals surface area contributed by atoms with E-state index in [4.69, 9.17) is 4.74 Å². The van der Waals surface area contributed by atoms with Gasteiger partial charge in [0.25, 0.3) is 0 Å². The van der Waals surface area contributed by atoms with E-state index in [2.05, 4.69) is 44.8 Å². The maximum absolute atomic E-state index is 5.40. The van der Waals surface area contributed by atoms with Crippen molar-refractivity contribution < 1.29 is 4.74 Å². The molecule has 2 rings (SSSR count). The lowest BCUT2D eigenvalue weighted by Gasteiger charge is -2.11. The van der Waals surface area contributed by atoms with Crippen LogP contribution in [-0.2, 0) is 4.74 Å². The van der Waals surface area contributed by atoms with E-state index >= 15 is 0 Å². The molecule has 84 valence electrons. The van der Waals surface area contributed by atoms with Crippen molar-refractivity contribution in [3.63, 3.8) is 0 Å². The maximum Gasteiger partial charge on any atom is 0.0495 e. The molecule has 2 heterocycles. The maximum atomic E-state index is 5.40. The molecule has 0 N–H and O–H groups in total. The van der Waals surface area contributed by atoms with Gasteiger partial charge >= 0.3 is 0 Å². The molecule has 2 unspecified atom stereocenters. The number of thiophene rings is 1. The number of aryl methyl sites for hydroxylation is 1. The second-order valence-electron chi connectivity index (χ2n) is 3.99. The fourth-order valence-electron chi connectivity index (χ4n) is 1.81. The van der Waals surface area contributed by atoms with Gasteiger partial charge < -0.3 is 4.74 Å². The van der Waals surface area contributed by atoms with E-state index < -0.39 is 0 Å². The summed E-state index contributed by atoms with van der Waals surface area (Å²) < 4.78 is 6.63. The summed E-state index contributed by atoms with van der Waals surface area (Å²) in [5.41, 5.74) is 0. The molecular weight excluding hydrogens is 340 g/mol. The third-order valence-corrected chi connectivity index (χ3v) is 6.17. The first kappa shape index (κ1) is 12.1. The van der Waals surface area contributed by atoms with Crippen LogP contribution in [-0.4, -0.2) is 13.2 Å². The van der Waals surface area contributed by atoms with Crippen molar-refractivity contribution in [1.29, 1.82) is 0 Å². The van der Waals surface area contributed by atoms with E-state index in [1.54, 1.807) is 0 Å². The lowest BCUT2D eigenvalue weighted by Crippen LogP contribution is -2.02. The summed E-state index contributed by atoms with van der Waals surface area (Å²) in [6.45, 7) is 4.03. The van der Waals surface area contributed by atoms with Crippen LogP contribution in [0.1, 0.15) is 27.4 Å². The van der Waals surface area contributed by atoms with Crippen molar-refractivity contribution in [2.24, 2.45) is 5.92 Å². The van der Waals surface area contributed by atoms with Gasteiger partial charge in [0.15, 0.2) is 0 Å². The topological polar surface area (TPSA) is 9.23 Å². The third kappa shape index (κ3) is 3.05. The summed E-state index contributed by atoms with van der Waals surface area (Å²) in [7, 11) is 0. The van der Waals surface area contributed by atoms with Crippen molar-refractivity contribution in [3.8, 4) is 0 Å². The summed E-state index contributed by atoms with van der Waals surface area (Å²) in [6.07, 6.45) is 2.40. The van der Waals surface area contributed by atoms with Crippen molar-refractivity contribution in [1.82, 2.24) is 0 Å². The Labute approximate surface area is 111 Å². The van der Waals surface area contributed by atoms with Gasteiger partial charge in [0.2, 0.25) is 0 Å². The van der Waals surface area contributed by atoms with Crippen LogP contribution in [0.4, 0.5) is 0 Å². The number of ether oxygens (including phenoxy) is 1. The highest BCUT2D eigenvalue weighted by Gasteiger charge is 2.21. The zero-order valence-corrected chi connectivity index (χ0v) is 12.6. The molecule has 0 aliphatic carbocycles.